The van der Waals surface area contributed by atoms with E-state index < -0.39 is 9.84 Å². The van der Waals surface area contributed by atoms with Crippen molar-refractivity contribution in [2.45, 2.75) is 32.9 Å². The average Bonchev–Trinajstić information content (AvgIpc) is 2.29. The molecule has 1 aromatic heterocycles. The van der Waals surface area contributed by atoms with E-state index in [0.29, 0.717) is 0 Å². The van der Waals surface area contributed by atoms with Crippen molar-refractivity contribution in [3.05, 3.63) is 30.1 Å². The minimum atomic E-state index is -2.93. The Kier molecular flexibility index (Phi) is 5.08. The van der Waals surface area contributed by atoms with Gasteiger partial charge in [0, 0.05) is 24.0 Å². The summed E-state index contributed by atoms with van der Waals surface area (Å²) in [6.07, 6.45) is 1.74. The summed E-state index contributed by atoms with van der Waals surface area (Å²) >= 11 is 0. The van der Waals surface area contributed by atoms with Crippen LogP contribution in [-0.4, -0.2) is 30.9 Å². The van der Waals surface area contributed by atoms with Gasteiger partial charge >= 0.3 is 0 Å². The van der Waals surface area contributed by atoms with Crippen molar-refractivity contribution in [2.75, 3.05) is 11.5 Å². The molecule has 0 spiro atoms. The van der Waals surface area contributed by atoms with Crippen molar-refractivity contribution in [3.63, 3.8) is 0 Å². The van der Waals surface area contributed by atoms with E-state index >= 15 is 0 Å². The van der Waals surface area contributed by atoms with Crippen LogP contribution < -0.4 is 5.32 Å². The lowest BCUT2D eigenvalue weighted by atomic mass is 10.2. The van der Waals surface area contributed by atoms with Crippen molar-refractivity contribution < 1.29 is 8.42 Å². The Morgan fingerprint density at radius 1 is 1.35 bits per heavy atom. The molecule has 0 aliphatic heterocycles. The topological polar surface area (TPSA) is 59.1 Å². The molecule has 1 heterocycles. The van der Waals surface area contributed by atoms with E-state index in [9.17, 15) is 8.42 Å². The van der Waals surface area contributed by atoms with Crippen LogP contribution in [0.1, 0.15) is 32.5 Å². The highest BCUT2D eigenvalue weighted by Crippen LogP contribution is 2.09. The van der Waals surface area contributed by atoms with Gasteiger partial charge in [0.15, 0.2) is 9.84 Å². The molecule has 1 aromatic rings. The van der Waals surface area contributed by atoms with Gasteiger partial charge in [0.2, 0.25) is 0 Å². The summed E-state index contributed by atoms with van der Waals surface area (Å²) in [5, 5.41) is 3.24. The van der Waals surface area contributed by atoms with Crippen molar-refractivity contribution >= 4 is 9.84 Å². The van der Waals surface area contributed by atoms with Gasteiger partial charge in [0.25, 0.3) is 0 Å². The highest BCUT2D eigenvalue weighted by atomic mass is 32.2. The molecule has 0 saturated carbocycles. The fourth-order valence-electron chi connectivity index (χ4n) is 1.69. The summed E-state index contributed by atoms with van der Waals surface area (Å²) in [6.45, 7) is 5.54. The highest BCUT2D eigenvalue weighted by molar-refractivity contribution is 7.91. The van der Waals surface area contributed by atoms with Crippen LogP contribution in [0.5, 0.6) is 0 Å². The Labute approximate surface area is 103 Å². The SMILES string of the molecule is CCS(=O)(=O)CC(C)NC(C)c1ccccn1. The predicted octanol–water partition coefficient (Wildman–Crippen LogP) is 1.56. The minimum Gasteiger partial charge on any atom is -0.305 e. The first-order chi connectivity index (χ1) is 7.94. The first-order valence-electron chi connectivity index (χ1n) is 5.82. The minimum absolute atomic E-state index is 0.0539. The fraction of sp³-hybridized carbons (Fsp3) is 0.583. The normalized spacial score (nSPS) is 15.5. The largest absolute Gasteiger partial charge is 0.305 e. The second-order valence-corrected chi connectivity index (χ2v) is 6.64. The van der Waals surface area contributed by atoms with Crippen LogP contribution in [0.2, 0.25) is 0 Å². The van der Waals surface area contributed by atoms with E-state index in [1.54, 1.807) is 13.1 Å². The third kappa shape index (κ3) is 4.83. The molecule has 0 aliphatic carbocycles. The summed E-state index contributed by atoms with van der Waals surface area (Å²) in [4.78, 5) is 4.24. The molecule has 1 rings (SSSR count). The van der Waals surface area contributed by atoms with Crippen LogP contribution in [0.3, 0.4) is 0 Å². The van der Waals surface area contributed by atoms with Crippen molar-refractivity contribution in [2.24, 2.45) is 0 Å². The van der Waals surface area contributed by atoms with Gasteiger partial charge < -0.3 is 5.32 Å². The molecule has 0 saturated heterocycles. The van der Waals surface area contributed by atoms with E-state index in [2.05, 4.69) is 10.3 Å². The number of rotatable bonds is 6. The number of sulfone groups is 1. The van der Waals surface area contributed by atoms with Gasteiger partial charge in [-0.1, -0.05) is 13.0 Å². The van der Waals surface area contributed by atoms with E-state index in [0.717, 1.165) is 5.69 Å². The molecule has 2 atom stereocenters. The Morgan fingerprint density at radius 2 is 2.06 bits per heavy atom. The number of nitrogens with one attached hydrogen (secondary N) is 1. The molecule has 96 valence electrons. The number of pyridine rings is 1. The molecule has 0 aliphatic rings. The zero-order chi connectivity index (χ0) is 12.9. The van der Waals surface area contributed by atoms with Gasteiger partial charge in [-0.2, -0.15) is 0 Å². The molecule has 17 heavy (non-hydrogen) atoms. The van der Waals surface area contributed by atoms with Gasteiger partial charge in [0.1, 0.15) is 0 Å². The molecule has 1 N–H and O–H groups in total. The second kappa shape index (κ2) is 6.12. The molecule has 0 amide bonds. The van der Waals surface area contributed by atoms with Crippen molar-refractivity contribution in [1.82, 2.24) is 10.3 Å². The average molecular weight is 256 g/mol. The maximum absolute atomic E-state index is 11.5. The fourth-order valence-corrected chi connectivity index (χ4v) is 2.78. The van der Waals surface area contributed by atoms with E-state index in [-0.39, 0.29) is 23.6 Å². The van der Waals surface area contributed by atoms with Gasteiger partial charge in [-0.3, -0.25) is 4.98 Å². The third-order valence-electron chi connectivity index (χ3n) is 2.61. The van der Waals surface area contributed by atoms with Crippen LogP contribution >= 0.6 is 0 Å². The van der Waals surface area contributed by atoms with Gasteiger partial charge in [0.05, 0.1) is 11.4 Å². The summed E-state index contributed by atoms with van der Waals surface area (Å²) in [7, 11) is -2.93. The molecule has 0 fully saturated rings. The molecule has 2 unspecified atom stereocenters. The van der Waals surface area contributed by atoms with E-state index in [4.69, 9.17) is 0 Å². The Hall–Kier alpha value is -0.940. The van der Waals surface area contributed by atoms with Crippen LogP contribution in [0.15, 0.2) is 24.4 Å². The quantitative estimate of drug-likeness (QED) is 0.839. The second-order valence-electron chi connectivity index (χ2n) is 4.24. The van der Waals surface area contributed by atoms with Gasteiger partial charge in [-0.25, -0.2) is 8.42 Å². The monoisotopic (exact) mass is 256 g/mol. The number of hydrogen-bond acceptors (Lipinski definition) is 4. The van der Waals surface area contributed by atoms with Crippen LogP contribution in [0.4, 0.5) is 0 Å². The van der Waals surface area contributed by atoms with Crippen molar-refractivity contribution in [3.8, 4) is 0 Å². The zero-order valence-electron chi connectivity index (χ0n) is 10.6. The summed E-state index contributed by atoms with van der Waals surface area (Å²) in [6, 6.07) is 5.70. The molecular weight excluding hydrogens is 236 g/mol. The number of nitrogens with zero attached hydrogens (tertiary/aromatic N) is 1. The lowest BCUT2D eigenvalue weighted by molar-refractivity contribution is 0.492. The first kappa shape index (κ1) is 14.1. The molecule has 0 bridgehead atoms. The molecular formula is C12H20N2O2S. The molecule has 0 aromatic carbocycles. The van der Waals surface area contributed by atoms with Crippen molar-refractivity contribution in [1.29, 1.82) is 0 Å². The van der Waals surface area contributed by atoms with E-state index in [1.807, 2.05) is 32.0 Å². The van der Waals surface area contributed by atoms with Crippen LogP contribution in [-0.2, 0) is 9.84 Å². The summed E-state index contributed by atoms with van der Waals surface area (Å²) in [5.41, 5.74) is 0.924. The van der Waals surface area contributed by atoms with E-state index in [1.165, 1.54) is 0 Å². The molecule has 5 heteroatoms. The number of hydrogen-bond donors (Lipinski definition) is 1. The summed E-state index contributed by atoms with van der Waals surface area (Å²) in [5.74, 6) is 0.359. The van der Waals surface area contributed by atoms with Gasteiger partial charge in [-0.05, 0) is 26.0 Å². The smallest absolute Gasteiger partial charge is 0.151 e. The van der Waals surface area contributed by atoms with Gasteiger partial charge in [-0.15, -0.1) is 0 Å². The maximum Gasteiger partial charge on any atom is 0.151 e. The summed E-state index contributed by atoms with van der Waals surface area (Å²) < 4.78 is 22.9. The lowest BCUT2D eigenvalue weighted by Gasteiger charge is -2.19. The zero-order valence-corrected chi connectivity index (χ0v) is 11.4. The maximum atomic E-state index is 11.5. The lowest BCUT2D eigenvalue weighted by Crippen LogP contribution is -2.35. The number of aromatic nitrogens is 1. The Balaban J connectivity index is 2.55. The highest BCUT2D eigenvalue weighted by Gasteiger charge is 2.16. The predicted molar refractivity (Wildman–Crippen MR) is 69.6 cm³/mol. The van der Waals surface area contributed by atoms with Crippen LogP contribution in [0, 0.1) is 0 Å². The first-order valence-corrected chi connectivity index (χ1v) is 7.64. The Bertz CT molecular complexity index is 431. The van der Waals surface area contributed by atoms with Crippen LogP contribution in [0.25, 0.3) is 0 Å². The molecule has 4 nitrogen and oxygen atoms in total. The standard InChI is InChI=1S/C12H20N2O2S/c1-4-17(15,16)9-10(2)14-11(3)12-7-5-6-8-13-12/h5-8,10-11,14H,4,9H2,1-3H3. The third-order valence-corrected chi connectivity index (χ3v) is 4.50. The molecule has 0 radical (unpaired) electrons. The Morgan fingerprint density at radius 3 is 2.59 bits per heavy atom.